The van der Waals surface area contributed by atoms with E-state index >= 15 is 0 Å². The van der Waals surface area contributed by atoms with Gasteiger partial charge in [0.05, 0.1) is 6.10 Å². The normalized spacial score (nSPS) is 17.5. The Morgan fingerprint density at radius 2 is 2.05 bits per heavy atom. The van der Waals surface area contributed by atoms with E-state index in [0.717, 1.165) is 19.1 Å². The van der Waals surface area contributed by atoms with Crippen LogP contribution in [0, 0.1) is 12.8 Å². The number of aryl methyl sites for hydroxylation is 1. The first-order chi connectivity index (χ1) is 9.94. The minimum absolute atomic E-state index is 0.124. The van der Waals surface area contributed by atoms with Crippen molar-refractivity contribution in [2.24, 2.45) is 5.92 Å². The summed E-state index contributed by atoms with van der Waals surface area (Å²) in [4.78, 5) is 0. The lowest BCUT2D eigenvalue weighted by atomic mass is 9.83. The van der Waals surface area contributed by atoms with Crippen molar-refractivity contribution >= 4 is 0 Å². The average Bonchev–Trinajstić information content (AvgIpc) is 2.34. The van der Waals surface area contributed by atoms with Crippen LogP contribution in [0.4, 0.5) is 0 Å². The van der Waals surface area contributed by atoms with Crippen LogP contribution in [0.3, 0.4) is 0 Å². The third-order valence-corrected chi connectivity index (χ3v) is 4.30. The van der Waals surface area contributed by atoms with Crippen LogP contribution >= 0.6 is 0 Å². The van der Waals surface area contributed by atoms with Crippen LogP contribution < -0.4 is 5.32 Å². The molecule has 1 aromatic carbocycles. The van der Waals surface area contributed by atoms with Gasteiger partial charge in [-0.2, -0.15) is 0 Å². The molecule has 1 aliphatic carbocycles. The number of nitrogens with one attached hydrogen (secondary N) is 1. The maximum atomic E-state index is 6.22. The van der Waals surface area contributed by atoms with E-state index in [1.54, 1.807) is 0 Å². The second-order valence-corrected chi connectivity index (χ2v) is 7.49. The molecule has 0 aliphatic heterocycles. The zero-order chi connectivity index (χ0) is 15.3. The van der Waals surface area contributed by atoms with Crippen LogP contribution in [0.2, 0.25) is 0 Å². The first kappa shape index (κ1) is 16.5. The van der Waals surface area contributed by atoms with Gasteiger partial charge < -0.3 is 10.1 Å². The van der Waals surface area contributed by atoms with Crippen LogP contribution in [-0.2, 0) is 4.74 Å². The molecule has 2 rings (SSSR count). The minimum Gasteiger partial charge on any atom is -0.372 e. The van der Waals surface area contributed by atoms with Crippen molar-refractivity contribution in [2.75, 3.05) is 13.2 Å². The van der Waals surface area contributed by atoms with E-state index in [1.165, 1.54) is 36.8 Å². The van der Waals surface area contributed by atoms with E-state index in [9.17, 15) is 0 Å². The fraction of sp³-hybridized carbons (Fsp3) is 0.684. The molecule has 0 heterocycles. The summed E-state index contributed by atoms with van der Waals surface area (Å²) in [5, 5.41) is 3.58. The van der Waals surface area contributed by atoms with Crippen molar-refractivity contribution in [3.8, 4) is 0 Å². The van der Waals surface area contributed by atoms with Gasteiger partial charge in [-0.15, -0.1) is 0 Å². The van der Waals surface area contributed by atoms with E-state index in [1.807, 2.05) is 0 Å². The fourth-order valence-electron chi connectivity index (χ4n) is 2.70. The second-order valence-electron chi connectivity index (χ2n) is 7.49. The monoisotopic (exact) mass is 289 g/mol. The summed E-state index contributed by atoms with van der Waals surface area (Å²) in [7, 11) is 0. The van der Waals surface area contributed by atoms with E-state index in [-0.39, 0.29) is 11.6 Å². The molecule has 1 saturated carbocycles. The van der Waals surface area contributed by atoms with Crippen molar-refractivity contribution < 1.29 is 4.74 Å². The number of hydrogen-bond acceptors (Lipinski definition) is 2. The molecule has 1 aromatic rings. The molecule has 0 saturated heterocycles. The number of rotatable bonds is 7. The Hall–Kier alpha value is -0.860. The Labute approximate surface area is 130 Å². The highest BCUT2D eigenvalue weighted by atomic mass is 16.5. The van der Waals surface area contributed by atoms with Crippen molar-refractivity contribution in [3.05, 3.63) is 35.4 Å². The van der Waals surface area contributed by atoms with Crippen molar-refractivity contribution in [1.82, 2.24) is 5.32 Å². The topological polar surface area (TPSA) is 21.3 Å². The second kappa shape index (κ2) is 7.42. The standard InChI is InChI=1S/C19H31NO/c1-15-7-5-10-17(13-15)18(14-20-19(2,3)4)21-12-11-16-8-6-9-16/h5,7,10,13,16,18,20H,6,8-9,11-12,14H2,1-4H3. The van der Waals surface area contributed by atoms with Gasteiger partial charge in [-0.25, -0.2) is 0 Å². The van der Waals surface area contributed by atoms with Crippen LogP contribution in [0.5, 0.6) is 0 Å². The van der Waals surface area contributed by atoms with Crippen LogP contribution in [0.1, 0.15) is 63.7 Å². The molecule has 0 radical (unpaired) electrons. The summed E-state index contributed by atoms with van der Waals surface area (Å²) < 4.78 is 6.22. The SMILES string of the molecule is Cc1cccc(C(CNC(C)(C)C)OCCC2CCC2)c1. The van der Waals surface area contributed by atoms with E-state index in [2.05, 4.69) is 57.3 Å². The summed E-state index contributed by atoms with van der Waals surface area (Å²) in [5.41, 5.74) is 2.72. The molecular formula is C19H31NO. The van der Waals surface area contributed by atoms with Gasteiger partial charge in [-0.3, -0.25) is 0 Å². The van der Waals surface area contributed by atoms with Gasteiger partial charge in [-0.05, 0) is 45.6 Å². The number of hydrogen-bond donors (Lipinski definition) is 1. The molecule has 0 aromatic heterocycles. The van der Waals surface area contributed by atoms with Crippen LogP contribution in [-0.4, -0.2) is 18.7 Å². The molecule has 2 heteroatoms. The molecule has 0 amide bonds. The summed E-state index contributed by atoms with van der Waals surface area (Å²) in [6.07, 6.45) is 5.59. The first-order valence-corrected chi connectivity index (χ1v) is 8.37. The van der Waals surface area contributed by atoms with Gasteiger partial charge in [-0.1, -0.05) is 49.1 Å². The fourth-order valence-corrected chi connectivity index (χ4v) is 2.70. The maximum absolute atomic E-state index is 6.22. The average molecular weight is 289 g/mol. The van der Waals surface area contributed by atoms with Crippen LogP contribution in [0.25, 0.3) is 0 Å². The van der Waals surface area contributed by atoms with Crippen LogP contribution in [0.15, 0.2) is 24.3 Å². The number of benzene rings is 1. The van der Waals surface area contributed by atoms with E-state index < -0.39 is 0 Å². The molecular weight excluding hydrogens is 258 g/mol. The molecule has 0 bridgehead atoms. The lowest BCUT2D eigenvalue weighted by Gasteiger charge is -2.28. The predicted molar refractivity (Wildman–Crippen MR) is 89.6 cm³/mol. The van der Waals surface area contributed by atoms with Gasteiger partial charge in [0.1, 0.15) is 0 Å². The molecule has 118 valence electrons. The maximum Gasteiger partial charge on any atom is 0.0949 e. The van der Waals surface area contributed by atoms with Gasteiger partial charge in [0.2, 0.25) is 0 Å². The molecule has 1 N–H and O–H groups in total. The third kappa shape index (κ3) is 5.80. The summed E-state index contributed by atoms with van der Waals surface area (Å²) >= 11 is 0. The zero-order valence-electron chi connectivity index (χ0n) is 14.1. The van der Waals surface area contributed by atoms with Crippen molar-refractivity contribution in [2.45, 2.75) is 65.0 Å². The van der Waals surface area contributed by atoms with E-state index in [0.29, 0.717) is 0 Å². The molecule has 2 nitrogen and oxygen atoms in total. The molecule has 1 unspecified atom stereocenters. The Kier molecular flexibility index (Phi) is 5.83. The molecule has 1 fully saturated rings. The highest BCUT2D eigenvalue weighted by Gasteiger charge is 2.20. The Morgan fingerprint density at radius 3 is 2.62 bits per heavy atom. The quantitative estimate of drug-likeness (QED) is 0.790. The summed E-state index contributed by atoms with van der Waals surface area (Å²) in [6, 6.07) is 8.71. The zero-order valence-corrected chi connectivity index (χ0v) is 14.1. The lowest BCUT2D eigenvalue weighted by molar-refractivity contribution is 0.0336. The van der Waals surface area contributed by atoms with Gasteiger partial charge in [0.25, 0.3) is 0 Å². The van der Waals surface area contributed by atoms with Gasteiger partial charge in [0, 0.05) is 18.7 Å². The predicted octanol–water partition coefficient (Wildman–Crippen LogP) is 4.63. The Bertz CT molecular complexity index is 431. The van der Waals surface area contributed by atoms with Crippen molar-refractivity contribution in [3.63, 3.8) is 0 Å². The largest absolute Gasteiger partial charge is 0.372 e. The lowest BCUT2D eigenvalue weighted by Crippen LogP contribution is -2.39. The van der Waals surface area contributed by atoms with Crippen molar-refractivity contribution in [1.29, 1.82) is 0 Å². The van der Waals surface area contributed by atoms with Gasteiger partial charge in [0.15, 0.2) is 0 Å². The number of ether oxygens (including phenoxy) is 1. The van der Waals surface area contributed by atoms with Gasteiger partial charge >= 0.3 is 0 Å². The third-order valence-electron chi connectivity index (χ3n) is 4.30. The minimum atomic E-state index is 0.124. The molecule has 1 atom stereocenters. The highest BCUT2D eigenvalue weighted by molar-refractivity contribution is 5.24. The Balaban J connectivity index is 1.91. The highest BCUT2D eigenvalue weighted by Crippen LogP contribution is 2.30. The summed E-state index contributed by atoms with van der Waals surface area (Å²) in [5.74, 6) is 0.915. The van der Waals surface area contributed by atoms with E-state index in [4.69, 9.17) is 4.74 Å². The smallest absolute Gasteiger partial charge is 0.0949 e. The summed E-state index contributed by atoms with van der Waals surface area (Å²) in [6.45, 7) is 10.5. The molecule has 0 spiro atoms. The first-order valence-electron chi connectivity index (χ1n) is 8.37. The molecule has 1 aliphatic rings. The molecule has 21 heavy (non-hydrogen) atoms. The Morgan fingerprint density at radius 1 is 1.29 bits per heavy atom.